The molecule has 108 valence electrons. The van der Waals surface area contributed by atoms with Crippen LogP contribution >= 0.6 is 0 Å². The molecule has 2 aromatic carbocycles. The van der Waals surface area contributed by atoms with Crippen molar-refractivity contribution in [3.63, 3.8) is 0 Å². The molecule has 1 aliphatic heterocycles. The Kier molecular flexibility index (Phi) is 3.48. The predicted octanol–water partition coefficient (Wildman–Crippen LogP) is 3.06. The molecule has 0 radical (unpaired) electrons. The van der Waals surface area contributed by atoms with E-state index in [9.17, 15) is 9.18 Å². The molecule has 0 bridgehead atoms. The average molecular weight is 287 g/mol. The fourth-order valence-electron chi connectivity index (χ4n) is 2.51. The van der Waals surface area contributed by atoms with Gasteiger partial charge >= 0.3 is 6.09 Å². The molecule has 2 N–H and O–H groups in total. The van der Waals surface area contributed by atoms with Crippen molar-refractivity contribution in [3.8, 4) is 16.9 Å². The zero-order valence-electron chi connectivity index (χ0n) is 11.2. The first kappa shape index (κ1) is 13.4. The minimum absolute atomic E-state index is 0.210. The number of nitrogens with one attached hydrogen (secondary N) is 1. The van der Waals surface area contributed by atoms with Crippen LogP contribution in [0.4, 0.5) is 9.18 Å². The van der Waals surface area contributed by atoms with E-state index in [0.717, 1.165) is 22.4 Å². The lowest BCUT2D eigenvalue weighted by Crippen LogP contribution is -2.33. The second-order valence-corrected chi connectivity index (χ2v) is 4.93. The van der Waals surface area contributed by atoms with Crippen LogP contribution in [0.5, 0.6) is 5.75 Å². The summed E-state index contributed by atoms with van der Waals surface area (Å²) in [6.45, 7) is 0.243. The van der Waals surface area contributed by atoms with Crippen molar-refractivity contribution in [2.75, 3.05) is 6.54 Å². The predicted molar refractivity (Wildman–Crippen MR) is 76.0 cm³/mol. The number of benzene rings is 2. The third-order valence-corrected chi connectivity index (χ3v) is 3.46. The molecule has 1 heterocycles. The zero-order valence-corrected chi connectivity index (χ0v) is 11.2. The molecular formula is C16H14FNO3. The van der Waals surface area contributed by atoms with Crippen LogP contribution in [0.25, 0.3) is 11.1 Å². The SMILES string of the molecule is O=C(O)NCC1Cc2cccc(-c3ccc(F)cc3)c2O1. The molecule has 2 aromatic rings. The van der Waals surface area contributed by atoms with Crippen LogP contribution in [-0.2, 0) is 6.42 Å². The fourth-order valence-corrected chi connectivity index (χ4v) is 2.51. The lowest BCUT2D eigenvalue weighted by Gasteiger charge is -2.12. The van der Waals surface area contributed by atoms with Crippen LogP contribution in [0.2, 0.25) is 0 Å². The van der Waals surface area contributed by atoms with Crippen molar-refractivity contribution in [2.45, 2.75) is 12.5 Å². The summed E-state index contributed by atoms with van der Waals surface area (Å²) in [5.41, 5.74) is 2.81. The molecule has 1 aliphatic rings. The van der Waals surface area contributed by atoms with E-state index in [-0.39, 0.29) is 18.5 Å². The van der Waals surface area contributed by atoms with Gasteiger partial charge in [0.2, 0.25) is 0 Å². The van der Waals surface area contributed by atoms with Crippen LogP contribution < -0.4 is 10.1 Å². The molecular weight excluding hydrogens is 273 g/mol. The van der Waals surface area contributed by atoms with E-state index in [1.54, 1.807) is 12.1 Å². The van der Waals surface area contributed by atoms with Crippen molar-refractivity contribution in [2.24, 2.45) is 0 Å². The van der Waals surface area contributed by atoms with E-state index >= 15 is 0 Å². The molecule has 1 unspecified atom stereocenters. The van der Waals surface area contributed by atoms with Gasteiger partial charge in [-0.25, -0.2) is 9.18 Å². The third kappa shape index (κ3) is 2.81. The summed E-state index contributed by atoms with van der Waals surface area (Å²) in [5.74, 6) is 0.470. The zero-order chi connectivity index (χ0) is 14.8. The summed E-state index contributed by atoms with van der Waals surface area (Å²) in [4.78, 5) is 10.5. The van der Waals surface area contributed by atoms with Crippen molar-refractivity contribution in [3.05, 3.63) is 53.8 Å². The lowest BCUT2D eigenvalue weighted by atomic mass is 10.0. The standard InChI is InChI=1S/C16H14FNO3/c17-12-6-4-10(5-7-12)14-3-1-2-11-8-13(21-15(11)14)9-18-16(19)20/h1-7,13,18H,8-9H2,(H,19,20). The molecule has 0 fully saturated rings. The van der Waals surface area contributed by atoms with Gasteiger partial charge in [-0.1, -0.05) is 30.3 Å². The molecule has 5 heteroatoms. The van der Waals surface area contributed by atoms with Gasteiger partial charge in [-0.15, -0.1) is 0 Å². The van der Waals surface area contributed by atoms with Crippen molar-refractivity contribution < 1.29 is 19.0 Å². The maximum absolute atomic E-state index is 13.0. The average Bonchev–Trinajstić information content (AvgIpc) is 2.89. The Bertz CT molecular complexity index is 670. The van der Waals surface area contributed by atoms with Crippen molar-refractivity contribution in [1.29, 1.82) is 0 Å². The monoisotopic (exact) mass is 287 g/mol. The molecule has 0 spiro atoms. The molecule has 0 aliphatic carbocycles. The maximum atomic E-state index is 13.0. The number of rotatable bonds is 3. The number of hydrogen-bond donors (Lipinski definition) is 2. The fraction of sp³-hybridized carbons (Fsp3) is 0.188. The second-order valence-electron chi connectivity index (χ2n) is 4.93. The van der Waals surface area contributed by atoms with E-state index in [0.29, 0.717) is 6.42 Å². The highest BCUT2D eigenvalue weighted by molar-refractivity contribution is 5.73. The van der Waals surface area contributed by atoms with Gasteiger partial charge in [-0.3, -0.25) is 0 Å². The summed E-state index contributed by atoms with van der Waals surface area (Å²) in [5, 5.41) is 11.0. The summed E-state index contributed by atoms with van der Waals surface area (Å²) in [7, 11) is 0. The first-order valence-corrected chi connectivity index (χ1v) is 6.65. The van der Waals surface area contributed by atoms with E-state index in [1.165, 1.54) is 12.1 Å². The number of fused-ring (bicyclic) bond motifs is 1. The first-order valence-electron chi connectivity index (χ1n) is 6.65. The first-order chi connectivity index (χ1) is 10.1. The van der Waals surface area contributed by atoms with Gasteiger partial charge < -0.3 is 15.2 Å². The topological polar surface area (TPSA) is 58.6 Å². The number of para-hydroxylation sites is 1. The van der Waals surface area contributed by atoms with Gasteiger partial charge in [0, 0.05) is 12.0 Å². The van der Waals surface area contributed by atoms with Crippen LogP contribution in [0.15, 0.2) is 42.5 Å². The van der Waals surface area contributed by atoms with Gasteiger partial charge in [-0.05, 0) is 23.3 Å². The second kappa shape index (κ2) is 5.44. The Hall–Kier alpha value is -2.56. The maximum Gasteiger partial charge on any atom is 0.404 e. The highest BCUT2D eigenvalue weighted by Crippen LogP contribution is 2.38. The Morgan fingerprint density at radius 3 is 2.76 bits per heavy atom. The highest BCUT2D eigenvalue weighted by atomic mass is 19.1. The minimum Gasteiger partial charge on any atom is -0.487 e. The van der Waals surface area contributed by atoms with Crippen LogP contribution in [-0.4, -0.2) is 23.8 Å². The number of halogens is 1. The number of amides is 1. The Labute approximate surface area is 121 Å². The number of carboxylic acid groups (broad SMARTS) is 1. The Morgan fingerprint density at radius 2 is 2.05 bits per heavy atom. The smallest absolute Gasteiger partial charge is 0.404 e. The lowest BCUT2D eigenvalue weighted by molar-refractivity contribution is 0.181. The molecule has 4 nitrogen and oxygen atoms in total. The van der Waals surface area contributed by atoms with Gasteiger partial charge in [-0.2, -0.15) is 0 Å². The highest BCUT2D eigenvalue weighted by Gasteiger charge is 2.25. The van der Waals surface area contributed by atoms with Gasteiger partial charge in [0.1, 0.15) is 17.7 Å². The molecule has 0 saturated heterocycles. The summed E-state index contributed by atoms with van der Waals surface area (Å²) < 4.78 is 18.9. The van der Waals surface area contributed by atoms with Crippen molar-refractivity contribution >= 4 is 6.09 Å². The summed E-state index contributed by atoms with van der Waals surface area (Å²) >= 11 is 0. The summed E-state index contributed by atoms with van der Waals surface area (Å²) in [6, 6.07) is 12.0. The van der Waals surface area contributed by atoms with Crippen molar-refractivity contribution in [1.82, 2.24) is 5.32 Å². The van der Waals surface area contributed by atoms with Gasteiger partial charge in [0.05, 0.1) is 6.54 Å². The van der Waals surface area contributed by atoms with Gasteiger partial charge in [0.25, 0.3) is 0 Å². The Morgan fingerprint density at radius 1 is 1.29 bits per heavy atom. The van der Waals surface area contributed by atoms with E-state index in [4.69, 9.17) is 9.84 Å². The quantitative estimate of drug-likeness (QED) is 0.912. The van der Waals surface area contributed by atoms with E-state index in [2.05, 4.69) is 5.32 Å². The molecule has 0 aromatic heterocycles. The molecule has 3 rings (SSSR count). The molecule has 0 saturated carbocycles. The molecule has 21 heavy (non-hydrogen) atoms. The number of hydrogen-bond acceptors (Lipinski definition) is 2. The van der Waals surface area contributed by atoms with E-state index in [1.807, 2.05) is 18.2 Å². The third-order valence-electron chi connectivity index (χ3n) is 3.46. The molecule has 1 amide bonds. The van der Waals surface area contributed by atoms with E-state index < -0.39 is 6.09 Å². The summed E-state index contributed by atoms with van der Waals surface area (Å²) in [6.07, 6.45) is -0.615. The van der Waals surface area contributed by atoms with Crippen LogP contribution in [0.1, 0.15) is 5.56 Å². The minimum atomic E-state index is -1.06. The number of ether oxygens (including phenoxy) is 1. The van der Waals surface area contributed by atoms with Crippen LogP contribution in [0.3, 0.4) is 0 Å². The number of carbonyl (C=O) groups is 1. The molecule has 1 atom stereocenters. The Balaban J connectivity index is 1.86. The largest absolute Gasteiger partial charge is 0.487 e. The normalized spacial score (nSPS) is 16.1. The van der Waals surface area contributed by atoms with Gasteiger partial charge in [0.15, 0.2) is 0 Å². The van der Waals surface area contributed by atoms with Crippen LogP contribution in [0, 0.1) is 5.82 Å².